The summed E-state index contributed by atoms with van der Waals surface area (Å²) < 4.78 is 6.16. The van der Waals surface area contributed by atoms with Crippen LogP contribution >= 0.6 is 0 Å². The van der Waals surface area contributed by atoms with Crippen LogP contribution in [0.2, 0.25) is 0 Å². The maximum absolute atomic E-state index is 12.3. The molecule has 1 unspecified atom stereocenters. The van der Waals surface area contributed by atoms with Crippen LogP contribution < -0.4 is 5.32 Å². The molecule has 2 aromatic rings. The van der Waals surface area contributed by atoms with Crippen molar-refractivity contribution in [2.24, 2.45) is 5.41 Å². The van der Waals surface area contributed by atoms with E-state index in [9.17, 15) is 5.11 Å². The summed E-state index contributed by atoms with van der Waals surface area (Å²) in [5.41, 5.74) is 2.70. The minimum absolute atomic E-state index is 0.280. The molecule has 5 nitrogen and oxygen atoms in total. The van der Waals surface area contributed by atoms with Crippen LogP contribution in [0, 0.1) is 5.41 Å². The number of likely N-dealkylation sites (tertiary alicyclic amines) is 1. The Kier molecular flexibility index (Phi) is 6.50. The van der Waals surface area contributed by atoms with Gasteiger partial charge in [0.15, 0.2) is 0 Å². The molecule has 0 spiro atoms. The van der Waals surface area contributed by atoms with E-state index in [1.54, 1.807) is 0 Å². The molecule has 0 saturated carbocycles. The zero-order valence-electron chi connectivity index (χ0n) is 19.4. The summed E-state index contributed by atoms with van der Waals surface area (Å²) in [4.78, 5) is 6.77. The molecule has 1 aromatic heterocycles. The SMILES string of the molecule is CC(C)c1ccc(C(O)(c2cncc(COC3CCNCC3)c2)C2(C)CN(C)C2)cc1. The van der Waals surface area contributed by atoms with Gasteiger partial charge >= 0.3 is 0 Å². The average Bonchev–Trinajstić information content (AvgIpc) is 2.77. The van der Waals surface area contributed by atoms with Crippen LogP contribution in [0.4, 0.5) is 0 Å². The van der Waals surface area contributed by atoms with Crippen molar-refractivity contribution in [2.45, 2.75) is 57.8 Å². The fourth-order valence-electron chi connectivity index (χ4n) is 5.29. The van der Waals surface area contributed by atoms with Gasteiger partial charge < -0.3 is 20.1 Å². The Hall–Kier alpha value is -1.79. The molecule has 0 radical (unpaired) electrons. The highest BCUT2D eigenvalue weighted by Gasteiger charge is 2.55. The van der Waals surface area contributed by atoms with Gasteiger partial charge in [-0.2, -0.15) is 0 Å². The predicted octanol–water partition coefficient (Wildman–Crippen LogP) is 3.66. The van der Waals surface area contributed by atoms with Crippen molar-refractivity contribution in [3.05, 3.63) is 65.0 Å². The van der Waals surface area contributed by atoms with Gasteiger partial charge in [0.05, 0.1) is 12.7 Å². The number of hydrogen-bond donors (Lipinski definition) is 2. The highest BCUT2D eigenvalue weighted by atomic mass is 16.5. The molecule has 4 rings (SSSR count). The number of pyridine rings is 1. The van der Waals surface area contributed by atoms with E-state index >= 15 is 0 Å². The van der Waals surface area contributed by atoms with E-state index in [4.69, 9.17) is 4.74 Å². The first kappa shape index (κ1) is 22.4. The third-order valence-corrected chi connectivity index (χ3v) is 7.09. The normalized spacial score (nSPS) is 21.6. The number of aliphatic hydroxyl groups is 1. The van der Waals surface area contributed by atoms with Gasteiger partial charge in [-0.25, -0.2) is 0 Å². The summed E-state index contributed by atoms with van der Waals surface area (Å²) in [7, 11) is 2.10. The number of hydrogen-bond acceptors (Lipinski definition) is 5. The Labute approximate surface area is 186 Å². The number of ether oxygens (including phenoxy) is 1. The molecule has 2 aliphatic heterocycles. The fourth-order valence-corrected chi connectivity index (χ4v) is 5.29. The Morgan fingerprint density at radius 1 is 1.16 bits per heavy atom. The second-order valence-electron chi connectivity index (χ2n) is 10.1. The smallest absolute Gasteiger partial charge is 0.124 e. The lowest BCUT2D eigenvalue weighted by molar-refractivity contribution is -0.127. The van der Waals surface area contributed by atoms with Crippen molar-refractivity contribution in [2.75, 3.05) is 33.2 Å². The first-order chi connectivity index (χ1) is 14.8. The lowest BCUT2D eigenvalue weighted by Gasteiger charge is -2.56. The fraction of sp³-hybridized carbons (Fsp3) is 0.577. The molecule has 3 heterocycles. The van der Waals surface area contributed by atoms with Crippen LogP contribution in [0.1, 0.15) is 61.8 Å². The van der Waals surface area contributed by atoms with Crippen LogP contribution in [0.5, 0.6) is 0 Å². The Balaban J connectivity index is 1.64. The summed E-state index contributed by atoms with van der Waals surface area (Å²) in [5, 5.41) is 15.7. The van der Waals surface area contributed by atoms with E-state index in [1.165, 1.54) is 5.56 Å². The van der Waals surface area contributed by atoms with Crippen LogP contribution in [0.25, 0.3) is 0 Å². The number of aromatic nitrogens is 1. The van der Waals surface area contributed by atoms with Gasteiger partial charge in [-0.05, 0) is 61.7 Å². The largest absolute Gasteiger partial charge is 0.380 e. The summed E-state index contributed by atoms with van der Waals surface area (Å²) in [6.07, 6.45) is 6.08. The van der Waals surface area contributed by atoms with Crippen molar-refractivity contribution < 1.29 is 9.84 Å². The molecule has 2 aliphatic rings. The van der Waals surface area contributed by atoms with E-state index in [0.29, 0.717) is 18.6 Å². The van der Waals surface area contributed by atoms with E-state index < -0.39 is 5.60 Å². The second-order valence-corrected chi connectivity index (χ2v) is 10.1. The third-order valence-electron chi connectivity index (χ3n) is 7.09. The molecule has 1 atom stereocenters. The molecule has 2 N–H and O–H groups in total. The molecule has 2 fully saturated rings. The number of nitrogens with one attached hydrogen (secondary N) is 1. The maximum Gasteiger partial charge on any atom is 0.124 e. The molecule has 5 heteroatoms. The molecular weight excluding hydrogens is 386 g/mol. The lowest BCUT2D eigenvalue weighted by Crippen LogP contribution is -2.63. The Bertz CT molecular complexity index is 870. The van der Waals surface area contributed by atoms with Crippen molar-refractivity contribution in [1.82, 2.24) is 15.2 Å². The standard InChI is InChI=1S/C26H37N3O2/c1-19(2)21-5-7-22(8-6-21)26(30,25(3)17-29(4)18-25)23-13-20(14-28-15-23)16-31-24-9-11-27-12-10-24/h5-8,13-15,19,24,27,30H,9-12,16-18H2,1-4H3. The van der Waals surface area contributed by atoms with E-state index in [0.717, 1.165) is 55.7 Å². The topological polar surface area (TPSA) is 57.6 Å². The summed E-state index contributed by atoms with van der Waals surface area (Å²) in [6, 6.07) is 10.6. The Morgan fingerprint density at radius 2 is 1.84 bits per heavy atom. The van der Waals surface area contributed by atoms with Gasteiger partial charge in [0.2, 0.25) is 0 Å². The molecule has 1 aromatic carbocycles. The van der Waals surface area contributed by atoms with E-state index in [-0.39, 0.29) is 5.41 Å². The van der Waals surface area contributed by atoms with Gasteiger partial charge in [-0.3, -0.25) is 4.98 Å². The number of nitrogens with zero attached hydrogens (tertiary/aromatic N) is 2. The number of rotatable bonds is 7. The second kappa shape index (κ2) is 8.99. The minimum Gasteiger partial charge on any atom is -0.380 e. The molecule has 2 saturated heterocycles. The van der Waals surface area contributed by atoms with Crippen molar-refractivity contribution in [1.29, 1.82) is 0 Å². The summed E-state index contributed by atoms with van der Waals surface area (Å²) in [6.45, 7) is 10.8. The molecule has 0 aliphatic carbocycles. The van der Waals surface area contributed by atoms with Crippen LogP contribution in [-0.4, -0.2) is 54.3 Å². The monoisotopic (exact) mass is 423 g/mol. The molecule has 0 amide bonds. The van der Waals surface area contributed by atoms with Gasteiger partial charge in [0.25, 0.3) is 0 Å². The lowest BCUT2D eigenvalue weighted by atomic mass is 9.62. The summed E-state index contributed by atoms with van der Waals surface area (Å²) in [5.74, 6) is 0.463. The summed E-state index contributed by atoms with van der Waals surface area (Å²) >= 11 is 0. The zero-order chi connectivity index (χ0) is 22.1. The van der Waals surface area contributed by atoms with Gasteiger partial charge in [0.1, 0.15) is 5.60 Å². The van der Waals surface area contributed by atoms with Crippen molar-refractivity contribution in [3.8, 4) is 0 Å². The number of benzene rings is 1. The highest BCUT2D eigenvalue weighted by molar-refractivity contribution is 5.41. The zero-order valence-corrected chi connectivity index (χ0v) is 19.4. The molecule has 168 valence electrons. The van der Waals surface area contributed by atoms with Crippen molar-refractivity contribution in [3.63, 3.8) is 0 Å². The average molecular weight is 424 g/mol. The Morgan fingerprint density at radius 3 is 2.45 bits per heavy atom. The van der Waals surface area contributed by atoms with Gasteiger partial charge in [-0.1, -0.05) is 45.0 Å². The maximum atomic E-state index is 12.3. The van der Waals surface area contributed by atoms with Gasteiger partial charge in [-0.15, -0.1) is 0 Å². The number of piperidine rings is 1. The molecule has 0 bridgehead atoms. The first-order valence-corrected chi connectivity index (χ1v) is 11.6. The van der Waals surface area contributed by atoms with E-state index in [2.05, 4.69) is 73.4 Å². The quantitative estimate of drug-likeness (QED) is 0.712. The first-order valence-electron chi connectivity index (χ1n) is 11.6. The highest BCUT2D eigenvalue weighted by Crippen LogP contribution is 2.50. The van der Waals surface area contributed by atoms with Gasteiger partial charge in [0, 0.05) is 36.5 Å². The third kappa shape index (κ3) is 4.42. The van der Waals surface area contributed by atoms with Crippen LogP contribution in [-0.2, 0) is 16.9 Å². The molecule has 31 heavy (non-hydrogen) atoms. The molecular formula is C26H37N3O2. The predicted molar refractivity (Wildman–Crippen MR) is 124 cm³/mol. The van der Waals surface area contributed by atoms with Crippen molar-refractivity contribution >= 4 is 0 Å². The van der Waals surface area contributed by atoms with Crippen LogP contribution in [0.3, 0.4) is 0 Å². The van der Waals surface area contributed by atoms with E-state index in [1.807, 2.05) is 12.4 Å². The minimum atomic E-state index is -1.10. The van der Waals surface area contributed by atoms with Crippen LogP contribution in [0.15, 0.2) is 42.7 Å².